The summed E-state index contributed by atoms with van der Waals surface area (Å²) < 4.78 is 2.04. The van der Waals surface area contributed by atoms with Gasteiger partial charge in [0, 0.05) is 32.0 Å². The highest BCUT2D eigenvalue weighted by atomic mass is 32.1. The van der Waals surface area contributed by atoms with E-state index >= 15 is 0 Å². The van der Waals surface area contributed by atoms with Gasteiger partial charge in [-0.3, -0.25) is 0 Å². The van der Waals surface area contributed by atoms with Crippen LogP contribution in [0.4, 0.5) is 11.8 Å². The Morgan fingerprint density at radius 2 is 2.30 bits per heavy atom. The second kappa shape index (κ2) is 5.46. The molecule has 104 valence electrons. The quantitative estimate of drug-likeness (QED) is 0.754. The molecule has 0 saturated carbocycles. The fraction of sp³-hybridized carbons (Fsp3) is 0.308. The van der Waals surface area contributed by atoms with Gasteiger partial charge in [-0.05, 0) is 18.4 Å². The third-order valence-corrected chi connectivity index (χ3v) is 3.78. The van der Waals surface area contributed by atoms with Crippen LogP contribution in [-0.4, -0.2) is 32.6 Å². The molecular weight excluding hydrogens is 272 g/mol. The Hall–Kier alpha value is -2.15. The first kappa shape index (κ1) is 12.9. The van der Waals surface area contributed by atoms with Gasteiger partial charge in [0.15, 0.2) is 0 Å². The monoisotopic (exact) mass is 288 g/mol. The van der Waals surface area contributed by atoms with E-state index < -0.39 is 0 Å². The highest BCUT2D eigenvalue weighted by Gasteiger charge is 2.11. The van der Waals surface area contributed by atoms with Gasteiger partial charge < -0.3 is 15.2 Å². The molecule has 3 aromatic rings. The van der Waals surface area contributed by atoms with Gasteiger partial charge in [-0.15, -0.1) is 11.3 Å². The van der Waals surface area contributed by atoms with Gasteiger partial charge in [0.05, 0.1) is 11.7 Å². The maximum absolute atomic E-state index is 4.51. The SMILES string of the molecule is CNc1nc(NC(C)Cn2ccnc2)c2ccsc2n1. The Morgan fingerprint density at radius 3 is 3.05 bits per heavy atom. The highest BCUT2D eigenvalue weighted by Crippen LogP contribution is 2.26. The average molecular weight is 288 g/mol. The second-order valence-electron chi connectivity index (χ2n) is 4.59. The van der Waals surface area contributed by atoms with Crippen molar-refractivity contribution < 1.29 is 0 Å². The lowest BCUT2D eigenvalue weighted by Gasteiger charge is -2.16. The zero-order valence-electron chi connectivity index (χ0n) is 11.4. The third kappa shape index (κ3) is 2.57. The number of thiophene rings is 1. The summed E-state index contributed by atoms with van der Waals surface area (Å²) in [4.78, 5) is 14.0. The molecule has 7 heteroatoms. The lowest BCUT2D eigenvalue weighted by Crippen LogP contribution is -2.22. The second-order valence-corrected chi connectivity index (χ2v) is 5.48. The fourth-order valence-electron chi connectivity index (χ4n) is 2.07. The first-order valence-electron chi connectivity index (χ1n) is 6.41. The predicted octanol–water partition coefficient (Wildman–Crippen LogP) is 2.43. The number of hydrogen-bond acceptors (Lipinski definition) is 6. The molecule has 2 N–H and O–H groups in total. The molecule has 3 aromatic heterocycles. The van der Waals surface area contributed by atoms with Gasteiger partial charge >= 0.3 is 0 Å². The van der Waals surface area contributed by atoms with Crippen LogP contribution in [-0.2, 0) is 6.54 Å². The topological polar surface area (TPSA) is 67.7 Å². The maximum atomic E-state index is 4.51. The van der Waals surface area contributed by atoms with Crippen LogP contribution in [0, 0.1) is 0 Å². The maximum Gasteiger partial charge on any atom is 0.225 e. The molecule has 1 unspecified atom stereocenters. The van der Waals surface area contributed by atoms with E-state index in [9.17, 15) is 0 Å². The Balaban J connectivity index is 1.84. The van der Waals surface area contributed by atoms with Crippen LogP contribution >= 0.6 is 11.3 Å². The van der Waals surface area contributed by atoms with Crippen LogP contribution in [0.5, 0.6) is 0 Å². The molecule has 0 aliphatic carbocycles. The summed E-state index contributed by atoms with van der Waals surface area (Å²) >= 11 is 1.62. The first-order valence-corrected chi connectivity index (χ1v) is 7.29. The van der Waals surface area contributed by atoms with Crippen LogP contribution in [0.2, 0.25) is 0 Å². The molecule has 0 amide bonds. The third-order valence-electron chi connectivity index (χ3n) is 2.98. The van der Waals surface area contributed by atoms with Gasteiger partial charge in [0.1, 0.15) is 10.6 Å². The van der Waals surface area contributed by atoms with Gasteiger partial charge in [-0.1, -0.05) is 0 Å². The van der Waals surface area contributed by atoms with Crippen molar-refractivity contribution in [3.8, 4) is 0 Å². The minimum Gasteiger partial charge on any atom is -0.365 e. The number of anilines is 2. The van der Waals surface area contributed by atoms with Crippen molar-refractivity contribution in [2.45, 2.75) is 19.5 Å². The number of aromatic nitrogens is 4. The zero-order valence-corrected chi connectivity index (χ0v) is 12.2. The van der Waals surface area contributed by atoms with Crippen LogP contribution in [0.3, 0.4) is 0 Å². The smallest absolute Gasteiger partial charge is 0.225 e. The van der Waals surface area contributed by atoms with Gasteiger partial charge in [0.25, 0.3) is 0 Å². The van der Waals surface area contributed by atoms with Crippen molar-refractivity contribution in [2.75, 3.05) is 17.7 Å². The minimum atomic E-state index is 0.243. The Labute approximate surface area is 120 Å². The van der Waals surface area contributed by atoms with E-state index in [4.69, 9.17) is 0 Å². The minimum absolute atomic E-state index is 0.243. The molecule has 20 heavy (non-hydrogen) atoms. The molecule has 0 aliphatic rings. The largest absolute Gasteiger partial charge is 0.365 e. The van der Waals surface area contributed by atoms with E-state index in [0.29, 0.717) is 5.95 Å². The van der Waals surface area contributed by atoms with Crippen molar-refractivity contribution in [3.05, 3.63) is 30.2 Å². The molecule has 0 aliphatic heterocycles. The van der Waals surface area contributed by atoms with E-state index in [1.54, 1.807) is 17.5 Å². The highest BCUT2D eigenvalue weighted by molar-refractivity contribution is 7.16. The van der Waals surface area contributed by atoms with Crippen LogP contribution in [0.15, 0.2) is 30.2 Å². The number of hydrogen-bond donors (Lipinski definition) is 2. The van der Waals surface area contributed by atoms with Crippen molar-refractivity contribution >= 4 is 33.3 Å². The number of nitrogens with one attached hydrogen (secondary N) is 2. The molecule has 0 radical (unpaired) electrons. The summed E-state index contributed by atoms with van der Waals surface area (Å²) in [6.07, 6.45) is 5.56. The van der Waals surface area contributed by atoms with Crippen LogP contribution in [0.25, 0.3) is 10.2 Å². The van der Waals surface area contributed by atoms with Crippen molar-refractivity contribution in [1.29, 1.82) is 0 Å². The molecule has 0 fully saturated rings. The van der Waals surface area contributed by atoms with Gasteiger partial charge in [-0.25, -0.2) is 9.97 Å². The molecule has 0 saturated heterocycles. The Morgan fingerprint density at radius 1 is 1.40 bits per heavy atom. The standard InChI is InChI=1S/C13H16N6S/c1-9(7-19-5-4-15-8-19)16-11-10-3-6-20-12(10)18-13(14-2)17-11/h3-6,8-9H,7H2,1-2H3,(H2,14,16,17,18). The molecule has 3 rings (SSSR count). The van der Waals surface area contributed by atoms with Gasteiger partial charge in [-0.2, -0.15) is 4.98 Å². The molecule has 0 aromatic carbocycles. The summed E-state index contributed by atoms with van der Waals surface area (Å²) in [7, 11) is 1.83. The Bertz CT molecular complexity index is 690. The average Bonchev–Trinajstić information content (AvgIpc) is 3.09. The van der Waals surface area contributed by atoms with Crippen molar-refractivity contribution in [3.63, 3.8) is 0 Å². The molecule has 0 bridgehead atoms. The van der Waals surface area contributed by atoms with Gasteiger partial charge in [0.2, 0.25) is 5.95 Å². The van der Waals surface area contributed by atoms with E-state index in [1.807, 2.05) is 35.6 Å². The van der Waals surface area contributed by atoms with Crippen LogP contribution < -0.4 is 10.6 Å². The summed E-state index contributed by atoms with van der Waals surface area (Å²) in [5.41, 5.74) is 0. The van der Waals surface area contributed by atoms with E-state index in [-0.39, 0.29) is 6.04 Å². The normalized spacial score (nSPS) is 12.5. The van der Waals surface area contributed by atoms with Crippen molar-refractivity contribution in [2.24, 2.45) is 0 Å². The summed E-state index contributed by atoms with van der Waals surface area (Å²) in [6, 6.07) is 2.29. The molecule has 0 spiro atoms. The van der Waals surface area contributed by atoms with E-state index in [0.717, 1.165) is 22.6 Å². The first-order chi connectivity index (χ1) is 9.76. The number of imidazole rings is 1. The van der Waals surface area contributed by atoms with Crippen molar-refractivity contribution in [1.82, 2.24) is 19.5 Å². The number of rotatable bonds is 5. The van der Waals surface area contributed by atoms with E-state index in [2.05, 4.69) is 32.5 Å². The Kier molecular flexibility index (Phi) is 3.51. The summed E-state index contributed by atoms with van der Waals surface area (Å²) in [6.45, 7) is 2.96. The lowest BCUT2D eigenvalue weighted by atomic mass is 10.3. The summed E-state index contributed by atoms with van der Waals surface area (Å²) in [5.74, 6) is 1.51. The fourth-order valence-corrected chi connectivity index (χ4v) is 2.83. The number of fused-ring (bicyclic) bond motifs is 1. The number of nitrogens with zero attached hydrogens (tertiary/aromatic N) is 4. The zero-order chi connectivity index (χ0) is 13.9. The van der Waals surface area contributed by atoms with E-state index in [1.165, 1.54) is 0 Å². The molecule has 1 atom stereocenters. The molecule has 6 nitrogen and oxygen atoms in total. The molecular formula is C13H16N6S. The van der Waals surface area contributed by atoms with Crippen LogP contribution in [0.1, 0.15) is 6.92 Å². The summed E-state index contributed by atoms with van der Waals surface area (Å²) in [5, 5.41) is 9.54. The predicted molar refractivity (Wildman–Crippen MR) is 82.3 cm³/mol. The molecule has 3 heterocycles. The lowest BCUT2D eigenvalue weighted by molar-refractivity contribution is 0.617.